The zero-order valence-electron chi connectivity index (χ0n) is 60.8. The SMILES string of the molecule is CC[Si](C)(C)C1CCCCC1.CC[Si](C)(C)CC.CC[Si](C)(C)c1ccccc1.C[Si](C)(C)C.C[Si](C)(C)C1CCCCC1.C[Si](C)(C)c1ccccc1.C[Si](C)(C1CCCCC1)C1CCCCC1.C[Si](C)(c1ccccc1)c1ccccc1. The van der Waals surface area contributed by atoms with Crippen molar-refractivity contribution in [3.05, 3.63) is 121 Å². The molecule has 0 bridgehead atoms. The Morgan fingerprint density at radius 3 is 0.762 bits per heavy atom. The first kappa shape index (κ1) is 80.6. The predicted octanol–water partition coefficient (Wildman–Crippen LogP) is 25.1. The van der Waals surface area contributed by atoms with Crippen molar-refractivity contribution in [1.82, 2.24) is 0 Å². The second-order valence-electron chi connectivity index (χ2n) is 33.3. The lowest BCUT2D eigenvalue weighted by Crippen LogP contribution is -2.52. The fourth-order valence-corrected chi connectivity index (χ4v) is 27.1. The molecule has 4 fully saturated rings. The van der Waals surface area contributed by atoms with Crippen molar-refractivity contribution in [2.45, 2.75) is 333 Å². The fourth-order valence-electron chi connectivity index (χ4n) is 12.3. The van der Waals surface area contributed by atoms with Crippen LogP contribution < -0.4 is 20.7 Å². The lowest BCUT2D eigenvalue weighted by Gasteiger charge is -2.43. The number of hydrogen-bond donors (Lipinski definition) is 0. The molecule has 0 heterocycles. The van der Waals surface area contributed by atoms with Crippen LogP contribution in [0, 0.1) is 0 Å². The van der Waals surface area contributed by atoms with Gasteiger partial charge in [0.25, 0.3) is 0 Å². The second kappa shape index (κ2) is 40.4. The molecular weight excluding hydrogens is 1140 g/mol. The number of hydrogen-bond acceptors (Lipinski definition) is 0. The Bertz CT molecular complexity index is 2100. The van der Waals surface area contributed by atoms with Gasteiger partial charge in [-0.1, -0.05) is 453 Å². The largest absolute Gasteiger partial charge is 0.112 e. The molecular formula is C76H144Si8. The van der Waals surface area contributed by atoms with Crippen molar-refractivity contribution in [1.29, 1.82) is 0 Å². The van der Waals surface area contributed by atoms with Crippen LogP contribution in [0.25, 0.3) is 0 Å². The molecule has 4 aromatic rings. The van der Waals surface area contributed by atoms with E-state index in [0.29, 0.717) is 0 Å². The van der Waals surface area contributed by atoms with Gasteiger partial charge in [0.05, 0.1) is 32.3 Å². The number of benzene rings is 4. The molecule has 84 heavy (non-hydrogen) atoms. The third-order valence-corrected chi connectivity index (χ3v) is 46.9. The summed E-state index contributed by atoms with van der Waals surface area (Å²) in [7, 11) is -7.24. The van der Waals surface area contributed by atoms with E-state index in [0.717, 1.165) is 11.1 Å². The van der Waals surface area contributed by atoms with Gasteiger partial charge < -0.3 is 0 Å². The zero-order chi connectivity index (χ0) is 63.7. The molecule has 0 nitrogen and oxygen atoms in total. The summed E-state index contributed by atoms with van der Waals surface area (Å²) in [4.78, 5) is 0. The van der Waals surface area contributed by atoms with E-state index in [9.17, 15) is 0 Å². The summed E-state index contributed by atoms with van der Waals surface area (Å²) in [6, 6.07) is 49.0. The molecule has 0 amide bonds. The third kappa shape index (κ3) is 34.0. The molecule has 0 N–H and O–H groups in total. The number of rotatable bonds is 12. The van der Waals surface area contributed by atoms with Crippen LogP contribution in [0.5, 0.6) is 0 Å². The van der Waals surface area contributed by atoms with Gasteiger partial charge in [-0.15, -0.1) is 0 Å². The molecule has 0 spiro atoms. The molecule has 0 radical (unpaired) electrons. The van der Waals surface area contributed by atoms with E-state index in [1.165, 1.54) is 141 Å². The van der Waals surface area contributed by atoms with Crippen LogP contribution in [0.1, 0.15) is 156 Å². The Morgan fingerprint density at radius 1 is 0.286 bits per heavy atom. The van der Waals surface area contributed by atoms with E-state index >= 15 is 0 Å². The molecule has 4 aliphatic rings. The summed E-state index contributed by atoms with van der Waals surface area (Å²) in [5, 5.41) is 6.10. The highest BCUT2D eigenvalue weighted by Crippen LogP contribution is 2.48. The van der Waals surface area contributed by atoms with Crippen LogP contribution in [0.3, 0.4) is 0 Å². The van der Waals surface area contributed by atoms with Crippen molar-refractivity contribution in [2.24, 2.45) is 0 Å². The molecule has 480 valence electrons. The minimum absolute atomic E-state index is 0.611. The minimum Gasteiger partial charge on any atom is -0.0697 e. The summed E-state index contributed by atoms with van der Waals surface area (Å²) in [5.74, 6) is 0. The maximum absolute atomic E-state index is 2.71. The summed E-state index contributed by atoms with van der Waals surface area (Å²) < 4.78 is 0. The van der Waals surface area contributed by atoms with Gasteiger partial charge in [-0.05, 0) is 22.2 Å². The molecule has 0 aliphatic heterocycles. The monoisotopic (exact) mass is 1280 g/mol. The third-order valence-electron chi connectivity index (χ3n) is 20.8. The highest BCUT2D eigenvalue weighted by atomic mass is 28.3. The van der Waals surface area contributed by atoms with Gasteiger partial charge in [-0.25, -0.2) is 0 Å². The Balaban J connectivity index is 0.000000489. The summed E-state index contributed by atoms with van der Waals surface area (Å²) in [6.07, 6.45) is 30.7. The lowest BCUT2D eigenvalue weighted by atomic mass is 9.99. The average molecular weight is 1280 g/mol. The molecule has 4 saturated carbocycles. The first-order valence-corrected chi connectivity index (χ1v) is 62.4. The summed E-state index contributed by atoms with van der Waals surface area (Å²) in [6.45, 7) is 58.3. The maximum atomic E-state index is 2.71. The van der Waals surface area contributed by atoms with Gasteiger partial charge in [0.15, 0.2) is 0 Å². The van der Waals surface area contributed by atoms with Crippen LogP contribution in [-0.4, -0.2) is 64.6 Å². The molecule has 4 aromatic carbocycles. The van der Waals surface area contributed by atoms with Crippen molar-refractivity contribution in [2.75, 3.05) is 0 Å². The van der Waals surface area contributed by atoms with Crippen LogP contribution in [0.2, 0.25) is 177 Å². The molecule has 0 saturated heterocycles. The van der Waals surface area contributed by atoms with Gasteiger partial charge in [0.2, 0.25) is 0 Å². The van der Waals surface area contributed by atoms with Crippen molar-refractivity contribution in [3.8, 4) is 0 Å². The van der Waals surface area contributed by atoms with E-state index in [1.807, 2.05) is 0 Å². The zero-order valence-corrected chi connectivity index (χ0v) is 68.8. The van der Waals surface area contributed by atoms with Gasteiger partial charge in [0.1, 0.15) is 8.07 Å². The van der Waals surface area contributed by atoms with E-state index in [4.69, 9.17) is 0 Å². The quantitative estimate of drug-likeness (QED) is 0.124. The molecule has 0 unspecified atom stereocenters. The highest BCUT2D eigenvalue weighted by molar-refractivity contribution is 7.00. The standard InChI is InChI=1S/C14H28Si.C14H16Si.C10H22Si.C10H16Si.C9H20Si.C9H14Si.C6H16Si.C4H12Si/c2*1-15(2,13-9-5-3-6-10-13)14-11-7-4-8-12-14;2*1-4-11(2,3)10-8-6-5-7-9-10;2*1-10(2,3)9-7-5-4-6-8-9;1-5-7(3,4)6-2;1-5(2,3)4/h13-14H,3-12H2,1-2H3;3-12H,1-2H3;10H,4-9H2,1-3H3;5-9H,4H2,1-3H3;9H,4-8H2,1-3H3;4-8H,1-3H3;5-6H2,1-4H3;1-4H3. The van der Waals surface area contributed by atoms with E-state index in [2.05, 4.69) is 280 Å². The Hall–Kier alpha value is -1.38. The molecule has 8 rings (SSSR count). The topological polar surface area (TPSA) is 0 Å². The fraction of sp³-hybridized carbons (Fsp3) is 0.684. The molecule has 0 atom stereocenters. The van der Waals surface area contributed by atoms with E-state index in [-0.39, 0.29) is 0 Å². The summed E-state index contributed by atoms with van der Waals surface area (Å²) >= 11 is 0. The first-order chi connectivity index (χ1) is 39.1. The van der Waals surface area contributed by atoms with Gasteiger partial charge >= 0.3 is 0 Å². The average Bonchev–Trinajstić information content (AvgIpc) is 3.69. The second-order valence-corrected chi connectivity index (χ2v) is 75.9. The molecule has 8 heteroatoms. The minimum atomic E-state index is -1.46. The van der Waals surface area contributed by atoms with Gasteiger partial charge in [0, 0.05) is 24.2 Å². The first-order valence-electron chi connectivity index (χ1n) is 35.3. The van der Waals surface area contributed by atoms with Crippen molar-refractivity contribution in [3.63, 3.8) is 0 Å². The Morgan fingerprint density at radius 2 is 0.548 bits per heavy atom. The van der Waals surface area contributed by atoms with E-state index < -0.39 is 64.6 Å². The predicted molar refractivity (Wildman–Crippen MR) is 417 cm³/mol. The van der Waals surface area contributed by atoms with Crippen molar-refractivity contribution < 1.29 is 0 Å². The normalized spacial score (nSPS) is 17.0. The van der Waals surface area contributed by atoms with Gasteiger partial charge in [-0.3, -0.25) is 0 Å². The molecule has 0 aromatic heterocycles. The van der Waals surface area contributed by atoms with E-state index in [1.54, 1.807) is 43.7 Å². The van der Waals surface area contributed by atoms with Gasteiger partial charge in [-0.2, -0.15) is 0 Å². The van der Waals surface area contributed by atoms with Crippen LogP contribution >= 0.6 is 0 Å². The van der Waals surface area contributed by atoms with Crippen LogP contribution in [0.15, 0.2) is 121 Å². The Labute approximate surface area is 536 Å². The van der Waals surface area contributed by atoms with Crippen LogP contribution in [-0.2, 0) is 0 Å². The molecule has 4 aliphatic carbocycles. The van der Waals surface area contributed by atoms with Crippen LogP contribution in [0.4, 0.5) is 0 Å². The smallest absolute Gasteiger partial charge is 0.0697 e. The Kier molecular flexibility index (Phi) is 38.8. The van der Waals surface area contributed by atoms with Crippen molar-refractivity contribution >= 4 is 85.3 Å². The lowest BCUT2D eigenvalue weighted by molar-refractivity contribution is 0.454. The maximum Gasteiger partial charge on any atom is 0.112 e. The highest BCUT2D eigenvalue weighted by Gasteiger charge is 2.39. The summed E-state index contributed by atoms with van der Waals surface area (Å²) in [5.41, 5.74) is 4.64.